The minimum atomic E-state index is -4.11. The first-order chi connectivity index (χ1) is 6.07. The van der Waals surface area contributed by atoms with E-state index in [1.807, 2.05) is 0 Å². The van der Waals surface area contributed by atoms with Crippen LogP contribution in [-0.4, -0.2) is 11.3 Å². The van der Waals surface area contributed by atoms with Gasteiger partial charge in [0, 0.05) is 12.0 Å². The smallest absolute Gasteiger partial charge is 0.361 e. The van der Waals surface area contributed by atoms with Crippen molar-refractivity contribution in [3.05, 3.63) is 17.5 Å². The molecular formula is C8H8F3NO. The van der Waals surface area contributed by atoms with Crippen LogP contribution in [0.3, 0.4) is 0 Å². The number of alkyl halides is 3. The summed E-state index contributed by atoms with van der Waals surface area (Å²) in [4.78, 5) is 0. The molecule has 5 heteroatoms. The van der Waals surface area contributed by atoms with E-state index in [-0.39, 0.29) is 12.8 Å². The molecule has 0 saturated carbocycles. The van der Waals surface area contributed by atoms with E-state index in [4.69, 9.17) is 4.52 Å². The van der Waals surface area contributed by atoms with Gasteiger partial charge in [-0.15, -0.1) is 0 Å². The van der Waals surface area contributed by atoms with Crippen molar-refractivity contribution < 1.29 is 17.7 Å². The molecule has 0 radical (unpaired) electrons. The lowest BCUT2D eigenvalue weighted by Gasteiger charge is -2.22. The van der Waals surface area contributed by atoms with Crippen LogP contribution in [0.15, 0.2) is 10.7 Å². The third-order valence-electron chi connectivity index (χ3n) is 2.39. The highest BCUT2D eigenvalue weighted by molar-refractivity contribution is 5.17. The van der Waals surface area contributed by atoms with Gasteiger partial charge in [-0.25, -0.2) is 0 Å². The van der Waals surface area contributed by atoms with Gasteiger partial charge in [-0.05, 0) is 12.8 Å². The molecule has 0 aromatic carbocycles. The van der Waals surface area contributed by atoms with E-state index in [2.05, 4.69) is 5.16 Å². The van der Waals surface area contributed by atoms with Crippen LogP contribution in [0.5, 0.6) is 0 Å². The Balaban J connectivity index is 2.18. The van der Waals surface area contributed by atoms with Crippen molar-refractivity contribution in [2.45, 2.75) is 25.4 Å². The first-order valence-electron chi connectivity index (χ1n) is 4.06. The second-order valence-electron chi connectivity index (χ2n) is 3.26. The first-order valence-corrected chi connectivity index (χ1v) is 4.06. The van der Waals surface area contributed by atoms with Gasteiger partial charge in [0.2, 0.25) is 0 Å². The van der Waals surface area contributed by atoms with E-state index in [0.29, 0.717) is 12.2 Å². The Hall–Kier alpha value is -1.00. The van der Waals surface area contributed by atoms with Crippen LogP contribution >= 0.6 is 0 Å². The van der Waals surface area contributed by atoms with E-state index in [9.17, 15) is 13.2 Å². The zero-order chi connectivity index (χ0) is 9.47. The van der Waals surface area contributed by atoms with Crippen molar-refractivity contribution >= 4 is 0 Å². The summed E-state index contributed by atoms with van der Waals surface area (Å²) in [6.45, 7) is 0. The maximum Gasteiger partial charge on any atom is 0.392 e. The molecule has 0 fully saturated rings. The van der Waals surface area contributed by atoms with Gasteiger partial charge in [0.05, 0.1) is 12.1 Å². The minimum absolute atomic E-state index is 0.0567. The molecule has 0 bridgehead atoms. The molecule has 0 saturated heterocycles. The number of halogens is 3. The zero-order valence-electron chi connectivity index (χ0n) is 6.77. The van der Waals surface area contributed by atoms with E-state index in [1.54, 1.807) is 0 Å². The largest absolute Gasteiger partial charge is 0.392 e. The van der Waals surface area contributed by atoms with Gasteiger partial charge in [-0.1, -0.05) is 5.16 Å². The SMILES string of the molecule is FC(F)(F)[C@@H]1CCc2cnoc2C1. The van der Waals surface area contributed by atoms with Gasteiger partial charge in [0.1, 0.15) is 5.76 Å². The Morgan fingerprint density at radius 1 is 1.46 bits per heavy atom. The van der Waals surface area contributed by atoms with Crippen LogP contribution < -0.4 is 0 Å². The maximum absolute atomic E-state index is 12.3. The molecule has 1 aromatic rings. The first kappa shape index (κ1) is 8.59. The summed E-state index contributed by atoms with van der Waals surface area (Å²) in [6.07, 6.45) is -2.09. The molecule has 1 heterocycles. The fourth-order valence-electron chi connectivity index (χ4n) is 1.59. The fourth-order valence-corrected chi connectivity index (χ4v) is 1.59. The standard InChI is InChI=1S/C8H8F3NO/c9-8(10,11)6-2-1-5-4-12-13-7(5)3-6/h4,6H,1-3H2/t6-/m1/s1. The summed E-state index contributed by atoms with van der Waals surface area (Å²) in [5, 5.41) is 3.48. The van der Waals surface area contributed by atoms with Gasteiger partial charge >= 0.3 is 6.18 Å². The molecule has 72 valence electrons. The lowest BCUT2D eigenvalue weighted by molar-refractivity contribution is -0.178. The lowest BCUT2D eigenvalue weighted by atomic mass is 9.88. The Morgan fingerprint density at radius 3 is 2.92 bits per heavy atom. The number of hydrogen-bond acceptors (Lipinski definition) is 2. The van der Waals surface area contributed by atoms with Crippen molar-refractivity contribution in [1.29, 1.82) is 0 Å². The summed E-state index contributed by atoms with van der Waals surface area (Å²) in [7, 11) is 0. The summed E-state index contributed by atoms with van der Waals surface area (Å²) < 4.78 is 41.6. The molecular weight excluding hydrogens is 183 g/mol. The predicted molar refractivity (Wildman–Crippen MR) is 38.1 cm³/mol. The Bertz CT molecular complexity index is 305. The van der Waals surface area contributed by atoms with Gasteiger partial charge in [0.25, 0.3) is 0 Å². The molecule has 1 aliphatic carbocycles. The van der Waals surface area contributed by atoms with Crippen molar-refractivity contribution in [2.24, 2.45) is 5.92 Å². The fraction of sp³-hybridized carbons (Fsp3) is 0.625. The average Bonchev–Trinajstić information content (AvgIpc) is 2.47. The Morgan fingerprint density at radius 2 is 2.23 bits per heavy atom. The van der Waals surface area contributed by atoms with Crippen LogP contribution in [0.25, 0.3) is 0 Å². The van der Waals surface area contributed by atoms with Crippen molar-refractivity contribution in [3.63, 3.8) is 0 Å². The molecule has 1 aromatic heterocycles. The minimum Gasteiger partial charge on any atom is -0.361 e. The topological polar surface area (TPSA) is 26.0 Å². The second-order valence-corrected chi connectivity index (χ2v) is 3.26. The van der Waals surface area contributed by atoms with Crippen molar-refractivity contribution in [1.82, 2.24) is 5.16 Å². The number of nitrogens with zero attached hydrogens (tertiary/aromatic N) is 1. The molecule has 0 spiro atoms. The van der Waals surface area contributed by atoms with Crippen LogP contribution in [-0.2, 0) is 12.8 Å². The normalized spacial score (nSPS) is 22.8. The number of fused-ring (bicyclic) bond motifs is 1. The molecule has 1 atom stereocenters. The lowest BCUT2D eigenvalue weighted by Crippen LogP contribution is -2.28. The van der Waals surface area contributed by atoms with E-state index in [1.165, 1.54) is 6.20 Å². The summed E-state index contributed by atoms with van der Waals surface area (Å²) >= 11 is 0. The van der Waals surface area contributed by atoms with Gasteiger partial charge in [0.15, 0.2) is 0 Å². The van der Waals surface area contributed by atoms with Crippen LogP contribution in [0.4, 0.5) is 13.2 Å². The molecule has 13 heavy (non-hydrogen) atoms. The van der Waals surface area contributed by atoms with Gasteiger partial charge in [-0.3, -0.25) is 0 Å². The second kappa shape index (κ2) is 2.75. The Labute approximate surface area is 72.7 Å². The molecule has 1 aliphatic rings. The molecule has 2 nitrogen and oxygen atoms in total. The van der Waals surface area contributed by atoms with E-state index >= 15 is 0 Å². The number of rotatable bonds is 0. The number of hydrogen-bond donors (Lipinski definition) is 0. The molecule has 0 N–H and O–H groups in total. The average molecular weight is 191 g/mol. The molecule has 2 rings (SSSR count). The number of aromatic nitrogens is 1. The molecule has 0 aliphatic heterocycles. The highest BCUT2D eigenvalue weighted by Gasteiger charge is 2.42. The third kappa shape index (κ3) is 1.55. The number of aryl methyl sites for hydroxylation is 1. The third-order valence-corrected chi connectivity index (χ3v) is 2.39. The summed E-state index contributed by atoms with van der Waals surface area (Å²) in [5.41, 5.74) is 0.820. The highest BCUT2D eigenvalue weighted by Crippen LogP contribution is 2.36. The van der Waals surface area contributed by atoms with E-state index in [0.717, 1.165) is 5.56 Å². The van der Waals surface area contributed by atoms with Gasteiger partial charge < -0.3 is 4.52 Å². The maximum atomic E-state index is 12.3. The predicted octanol–water partition coefficient (Wildman–Crippen LogP) is 2.34. The Kier molecular flexibility index (Phi) is 1.82. The van der Waals surface area contributed by atoms with Gasteiger partial charge in [-0.2, -0.15) is 13.2 Å². The van der Waals surface area contributed by atoms with Crippen molar-refractivity contribution in [3.8, 4) is 0 Å². The molecule has 0 unspecified atom stereocenters. The summed E-state index contributed by atoms with van der Waals surface area (Å²) in [5.74, 6) is -0.860. The summed E-state index contributed by atoms with van der Waals surface area (Å²) in [6, 6.07) is 0. The van der Waals surface area contributed by atoms with Crippen molar-refractivity contribution in [2.75, 3.05) is 0 Å². The zero-order valence-corrected chi connectivity index (χ0v) is 6.77. The van der Waals surface area contributed by atoms with E-state index < -0.39 is 12.1 Å². The molecule has 0 amide bonds. The monoisotopic (exact) mass is 191 g/mol. The van der Waals surface area contributed by atoms with Crippen LogP contribution in [0, 0.1) is 5.92 Å². The van der Waals surface area contributed by atoms with Crippen LogP contribution in [0.2, 0.25) is 0 Å². The highest BCUT2D eigenvalue weighted by atomic mass is 19.4. The quantitative estimate of drug-likeness (QED) is 0.629. The van der Waals surface area contributed by atoms with Crippen LogP contribution in [0.1, 0.15) is 17.7 Å².